The van der Waals surface area contributed by atoms with E-state index in [0.717, 1.165) is 45.1 Å². The largest absolute Gasteiger partial charge is 0.390 e. The van der Waals surface area contributed by atoms with Crippen molar-refractivity contribution in [2.45, 2.75) is 64.7 Å². The van der Waals surface area contributed by atoms with E-state index in [0.29, 0.717) is 24.1 Å². The summed E-state index contributed by atoms with van der Waals surface area (Å²) in [6, 6.07) is 1.69. The summed E-state index contributed by atoms with van der Waals surface area (Å²) >= 11 is 1.59. The topological polar surface area (TPSA) is 116 Å². The van der Waals surface area contributed by atoms with E-state index < -0.39 is 12.2 Å². The van der Waals surface area contributed by atoms with Crippen LogP contribution in [0, 0.1) is 25.7 Å². The van der Waals surface area contributed by atoms with Gasteiger partial charge in [-0.05, 0) is 51.0 Å². The van der Waals surface area contributed by atoms with Crippen molar-refractivity contribution in [3.8, 4) is 10.6 Å². The molecule has 2 saturated carbocycles. The average Bonchev–Trinajstić information content (AvgIpc) is 3.44. The molecule has 0 radical (unpaired) electrons. The van der Waals surface area contributed by atoms with Crippen LogP contribution in [0.25, 0.3) is 20.8 Å². The van der Waals surface area contributed by atoms with Crippen LogP contribution in [0.4, 0.5) is 11.8 Å². The van der Waals surface area contributed by atoms with Gasteiger partial charge in [0.2, 0.25) is 5.95 Å². The first kappa shape index (κ1) is 21.5. The molecule has 0 saturated heterocycles. The molecule has 0 aliphatic heterocycles. The zero-order chi connectivity index (χ0) is 22.4. The number of aryl methyl sites for hydroxylation is 2. The molecule has 2 fully saturated rings. The number of thiazole rings is 1. The first-order valence-corrected chi connectivity index (χ1v) is 12.2. The van der Waals surface area contributed by atoms with Gasteiger partial charge in [0.05, 0.1) is 33.8 Å². The second kappa shape index (κ2) is 8.53. The van der Waals surface area contributed by atoms with Gasteiger partial charge < -0.3 is 20.8 Å². The van der Waals surface area contributed by atoms with Crippen LogP contribution in [0.3, 0.4) is 0 Å². The van der Waals surface area contributed by atoms with E-state index in [-0.39, 0.29) is 12.0 Å². The average molecular weight is 455 g/mol. The molecule has 170 valence electrons. The van der Waals surface area contributed by atoms with Crippen LogP contribution in [0.2, 0.25) is 0 Å². The number of rotatable bonds is 7. The Kier molecular flexibility index (Phi) is 5.73. The summed E-state index contributed by atoms with van der Waals surface area (Å²) < 4.78 is 1.07. The monoisotopic (exact) mass is 454 g/mol. The van der Waals surface area contributed by atoms with Crippen molar-refractivity contribution in [3.05, 3.63) is 23.7 Å². The molecule has 32 heavy (non-hydrogen) atoms. The summed E-state index contributed by atoms with van der Waals surface area (Å²) in [7, 11) is 0. The fraction of sp³-hybridized carbons (Fsp3) is 0.565. The smallest absolute Gasteiger partial charge is 0.224 e. The molecule has 4 N–H and O–H groups in total. The Labute approximate surface area is 191 Å². The van der Waals surface area contributed by atoms with E-state index in [2.05, 4.69) is 15.6 Å². The van der Waals surface area contributed by atoms with Gasteiger partial charge in [-0.2, -0.15) is 4.98 Å². The summed E-state index contributed by atoms with van der Waals surface area (Å²) in [5.41, 5.74) is 3.44. The standard InChI is InChI=1S/C23H30N6O2S/c1-4-14-9-15(20(31)19(14)30)27-21-17(11(2)26-23(29-21)25-10-13-5-6-13)22-28-18-12(3)24-8-7-16(18)32-22/h7-8,13-15,19-20,30-31H,4-6,9-10H2,1-3H3,(H2,25,26,27,29)/t14-,15+,19+,20-/m0/s1. The van der Waals surface area contributed by atoms with Crippen LogP contribution in [0.5, 0.6) is 0 Å². The second-order valence-corrected chi connectivity index (χ2v) is 10.1. The molecule has 0 unspecified atom stereocenters. The lowest BCUT2D eigenvalue weighted by atomic mass is 10.0. The summed E-state index contributed by atoms with van der Waals surface area (Å²) in [6.07, 6.45) is 4.24. The van der Waals surface area contributed by atoms with Crippen LogP contribution < -0.4 is 10.6 Å². The zero-order valence-corrected chi connectivity index (χ0v) is 19.5. The molecule has 0 amide bonds. The van der Waals surface area contributed by atoms with Crippen LogP contribution in [-0.4, -0.2) is 54.9 Å². The van der Waals surface area contributed by atoms with Crippen LogP contribution in [-0.2, 0) is 0 Å². The van der Waals surface area contributed by atoms with Crippen molar-refractivity contribution < 1.29 is 10.2 Å². The van der Waals surface area contributed by atoms with Gasteiger partial charge >= 0.3 is 0 Å². The number of fused-ring (bicyclic) bond motifs is 1. The van der Waals surface area contributed by atoms with Crippen molar-refractivity contribution in [1.82, 2.24) is 19.9 Å². The third-order valence-electron chi connectivity index (χ3n) is 6.69. The summed E-state index contributed by atoms with van der Waals surface area (Å²) in [6.45, 7) is 6.84. The molecule has 3 aromatic heterocycles. The number of pyridine rings is 1. The normalized spacial score (nSPS) is 25.4. The first-order chi connectivity index (χ1) is 15.4. The van der Waals surface area contributed by atoms with E-state index in [1.165, 1.54) is 12.8 Å². The van der Waals surface area contributed by atoms with Crippen molar-refractivity contribution in [1.29, 1.82) is 0 Å². The molecule has 0 bridgehead atoms. The van der Waals surface area contributed by atoms with Crippen LogP contribution in [0.15, 0.2) is 12.3 Å². The number of nitrogens with zero attached hydrogens (tertiary/aromatic N) is 4. The number of aliphatic hydroxyl groups is 2. The van der Waals surface area contributed by atoms with Gasteiger partial charge in [-0.3, -0.25) is 4.98 Å². The Hall–Kier alpha value is -2.36. The van der Waals surface area contributed by atoms with Crippen molar-refractivity contribution in [2.75, 3.05) is 17.2 Å². The summed E-state index contributed by atoms with van der Waals surface area (Å²) in [5.74, 6) is 2.00. The molecular weight excluding hydrogens is 424 g/mol. The quantitative estimate of drug-likeness (QED) is 0.429. The number of nitrogens with one attached hydrogen (secondary N) is 2. The van der Waals surface area contributed by atoms with Gasteiger partial charge in [0.1, 0.15) is 22.4 Å². The highest BCUT2D eigenvalue weighted by molar-refractivity contribution is 7.21. The predicted molar refractivity (Wildman–Crippen MR) is 127 cm³/mol. The minimum Gasteiger partial charge on any atom is -0.390 e. The number of aromatic nitrogens is 4. The fourth-order valence-electron chi connectivity index (χ4n) is 4.51. The van der Waals surface area contributed by atoms with Crippen LogP contribution >= 0.6 is 11.3 Å². The number of aliphatic hydroxyl groups excluding tert-OH is 2. The molecule has 2 aliphatic rings. The maximum Gasteiger partial charge on any atom is 0.224 e. The molecule has 2 aliphatic carbocycles. The Balaban J connectivity index is 1.54. The molecule has 8 nitrogen and oxygen atoms in total. The van der Waals surface area contributed by atoms with Gasteiger partial charge in [-0.15, -0.1) is 11.3 Å². The van der Waals surface area contributed by atoms with Crippen molar-refractivity contribution in [3.63, 3.8) is 0 Å². The minimum absolute atomic E-state index is 0.0671. The lowest BCUT2D eigenvalue weighted by molar-refractivity contribution is 0.0167. The Morgan fingerprint density at radius 2 is 1.91 bits per heavy atom. The third-order valence-corrected chi connectivity index (χ3v) is 7.73. The molecular formula is C23H30N6O2S. The van der Waals surface area contributed by atoms with E-state index in [1.54, 1.807) is 17.5 Å². The Morgan fingerprint density at radius 3 is 2.59 bits per heavy atom. The lowest BCUT2D eigenvalue weighted by Crippen LogP contribution is -2.35. The van der Waals surface area contributed by atoms with E-state index in [9.17, 15) is 10.2 Å². The maximum atomic E-state index is 10.7. The van der Waals surface area contributed by atoms with Gasteiger partial charge in [-0.25, -0.2) is 9.97 Å². The highest BCUT2D eigenvalue weighted by Crippen LogP contribution is 2.39. The highest BCUT2D eigenvalue weighted by atomic mass is 32.1. The number of anilines is 2. The zero-order valence-electron chi connectivity index (χ0n) is 18.7. The van der Waals surface area contributed by atoms with Gasteiger partial charge in [-0.1, -0.05) is 13.3 Å². The molecule has 3 aromatic rings. The summed E-state index contributed by atoms with van der Waals surface area (Å²) in [4.78, 5) is 18.7. The van der Waals surface area contributed by atoms with E-state index in [4.69, 9.17) is 15.0 Å². The molecule has 3 heterocycles. The number of hydrogen-bond donors (Lipinski definition) is 4. The highest BCUT2D eigenvalue weighted by Gasteiger charge is 2.41. The Morgan fingerprint density at radius 1 is 1.09 bits per heavy atom. The maximum absolute atomic E-state index is 10.7. The lowest BCUT2D eigenvalue weighted by Gasteiger charge is -2.21. The third kappa shape index (κ3) is 4.04. The molecule has 0 aromatic carbocycles. The molecule has 9 heteroatoms. The van der Waals surface area contributed by atoms with E-state index >= 15 is 0 Å². The molecule has 5 rings (SSSR count). The van der Waals surface area contributed by atoms with Gasteiger partial charge in [0, 0.05) is 12.7 Å². The minimum atomic E-state index is -0.840. The van der Waals surface area contributed by atoms with Crippen molar-refractivity contribution in [2.24, 2.45) is 11.8 Å². The van der Waals surface area contributed by atoms with Gasteiger partial charge in [0.25, 0.3) is 0 Å². The molecule has 0 spiro atoms. The Bertz CT molecular complexity index is 1130. The van der Waals surface area contributed by atoms with Crippen molar-refractivity contribution >= 4 is 33.3 Å². The van der Waals surface area contributed by atoms with Gasteiger partial charge in [0.15, 0.2) is 0 Å². The second-order valence-electron chi connectivity index (χ2n) is 9.08. The summed E-state index contributed by atoms with van der Waals surface area (Å²) in [5, 5.41) is 28.7. The van der Waals surface area contributed by atoms with E-state index in [1.807, 2.05) is 26.8 Å². The first-order valence-electron chi connectivity index (χ1n) is 11.4. The SMILES string of the molecule is CC[C@H]1C[C@@H](Nc2nc(NCC3CC3)nc(C)c2-c2nc3c(C)nccc3s2)[C@H](O)[C@@H]1O. The van der Waals surface area contributed by atoms with Crippen LogP contribution in [0.1, 0.15) is 44.0 Å². The number of hydrogen-bond acceptors (Lipinski definition) is 9. The fourth-order valence-corrected chi connectivity index (χ4v) is 5.62. The predicted octanol–water partition coefficient (Wildman–Crippen LogP) is 3.52. The molecule has 4 atom stereocenters.